The first-order valence-corrected chi connectivity index (χ1v) is 22.7. The maximum Gasteiger partial charge on any atom is 0.154 e. The van der Waals surface area contributed by atoms with Gasteiger partial charge in [-0.3, -0.25) is 15.0 Å². The van der Waals surface area contributed by atoms with Crippen LogP contribution in [0.1, 0.15) is 52.3 Å². The standard InChI is InChI=1S/C62H52N4/c1-44-29-39-54-53-27-17-18-28-55(53)60(51-35-37-52(38-36-51)62(64-3)66-57(47-21-13-7-14-22-47)40-32-45-19-9-6-10-20-45)61(56(54)41-44)50-33-30-46(31-34-50)43-65-59(49-25-15-8-16-26-49)42-58(63-2)48-23-11-4-5-12-24-48/h4-11,13-40,42-44H,12,41H2,1-3H3/b40-32+,59-42-,63-58+,64-62-,65-43+,66-57+/t44-/m1/s1. The predicted molar refractivity (Wildman–Crippen MR) is 284 cm³/mol. The van der Waals surface area contributed by atoms with Gasteiger partial charge in [-0.05, 0) is 91.8 Å². The summed E-state index contributed by atoms with van der Waals surface area (Å²) in [5.41, 5.74) is 16.3. The van der Waals surface area contributed by atoms with Gasteiger partial charge in [-0.25, -0.2) is 4.99 Å². The number of hydrogen-bond acceptors (Lipinski definition) is 3. The third kappa shape index (κ3) is 9.84. The molecule has 2 aliphatic rings. The minimum absolute atomic E-state index is 0.412. The first-order chi connectivity index (χ1) is 32.6. The molecule has 320 valence electrons. The Morgan fingerprint density at radius 1 is 0.576 bits per heavy atom. The molecule has 1 atom stereocenters. The van der Waals surface area contributed by atoms with Crippen molar-refractivity contribution in [2.45, 2.75) is 19.8 Å². The van der Waals surface area contributed by atoms with Crippen LogP contribution in [0, 0.1) is 5.92 Å². The number of fused-ring (bicyclic) bond motifs is 3. The summed E-state index contributed by atoms with van der Waals surface area (Å²) in [5, 5.41) is 2.49. The molecule has 0 radical (unpaired) electrons. The van der Waals surface area contributed by atoms with Crippen LogP contribution >= 0.6 is 0 Å². The van der Waals surface area contributed by atoms with Gasteiger partial charge in [-0.1, -0.05) is 219 Å². The quantitative estimate of drug-likeness (QED) is 0.0919. The summed E-state index contributed by atoms with van der Waals surface area (Å²) in [6.07, 6.45) is 25.3. The monoisotopic (exact) mass is 852 g/mol. The van der Waals surface area contributed by atoms with Crippen molar-refractivity contribution in [3.05, 3.63) is 257 Å². The van der Waals surface area contributed by atoms with Gasteiger partial charge in [0.2, 0.25) is 0 Å². The Morgan fingerprint density at radius 3 is 1.94 bits per heavy atom. The molecule has 0 fully saturated rings. The summed E-state index contributed by atoms with van der Waals surface area (Å²) in [4.78, 5) is 19.7. The highest BCUT2D eigenvalue weighted by molar-refractivity contribution is 6.18. The zero-order chi connectivity index (χ0) is 45.1. The molecular formula is C62H52N4. The van der Waals surface area contributed by atoms with Crippen LogP contribution in [-0.4, -0.2) is 37.6 Å². The van der Waals surface area contributed by atoms with E-state index in [4.69, 9.17) is 15.0 Å². The van der Waals surface area contributed by atoms with E-state index < -0.39 is 0 Å². The number of rotatable bonds is 11. The molecule has 0 N–H and O–H groups in total. The Kier molecular flexibility index (Phi) is 13.5. The Morgan fingerprint density at radius 2 is 1.23 bits per heavy atom. The van der Waals surface area contributed by atoms with E-state index in [1.807, 2.05) is 74.9 Å². The van der Waals surface area contributed by atoms with E-state index in [2.05, 4.69) is 182 Å². The molecule has 0 unspecified atom stereocenters. The summed E-state index contributed by atoms with van der Waals surface area (Å²) in [6, 6.07) is 57.5. The summed E-state index contributed by atoms with van der Waals surface area (Å²) < 4.78 is 0. The molecule has 0 saturated carbocycles. The molecule has 0 heterocycles. The van der Waals surface area contributed by atoms with Crippen molar-refractivity contribution < 1.29 is 0 Å². The molecule has 0 bridgehead atoms. The predicted octanol–water partition coefficient (Wildman–Crippen LogP) is 14.9. The van der Waals surface area contributed by atoms with Gasteiger partial charge >= 0.3 is 0 Å². The zero-order valence-corrected chi connectivity index (χ0v) is 37.7. The lowest BCUT2D eigenvalue weighted by molar-refractivity contribution is 0.719. The number of nitrogens with zero attached hydrogens (tertiary/aromatic N) is 4. The van der Waals surface area contributed by atoms with Gasteiger partial charge in [-0.15, -0.1) is 0 Å². The highest BCUT2D eigenvalue weighted by atomic mass is 14.9. The second-order valence-corrected chi connectivity index (χ2v) is 16.5. The summed E-state index contributed by atoms with van der Waals surface area (Å²) in [5.74, 6) is 1.08. The van der Waals surface area contributed by atoms with E-state index in [0.29, 0.717) is 11.8 Å². The smallest absolute Gasteiger partial charge is 0.154 e. The molecule has 0 saturated heterocycles. The van der Waals surface area contributed by atoms with Crippen LogP contribution in [0.5, 0.6) is 0 Å². The van der Waals surface area contributed by atoms with Crippen LogP contribution < -0.4 is 0 Å². The van der Waals surface area contributed by atoms with Crippen LogP contribution in [0.3, 0.4) is 0 Å². The summed E-state index contributed by atoms with van der Waals surface area (Å²) in [7, 11) is 3.66. The maximum absolute atomic E-state index is 5.17. The second-order valence-electron chi connectivity index (χ2n) is 16.5. The molecule has 7 aromatic rings. The van der Waals surface area contributed by atoms with Gasteiger partial charge in [0.05, 0.1) is 17.1 Å². The molecular weight excluding hydrogens is 801 g/mol. The largest absolute Gasteiger partial charge is 0.288 e. The lowest BCUT2D eigenvalue weighted by atomic mass is 9.78. The van der Waals surface area contributed by atoms with Crippen LogP contribution in [0.15, 0.2) is 238 Å². The van der Waals surface area contributed by atoms with Crippen molar-refractivity contribution in [1.29, 1.82) is 0 Å². The van der Waals surface area contributed by atoms with Crippen molar-refractivity contribution in [2.75, 3.05) is 14.1 Å². The lowest BCUT2D eigenvalue weighted by Crippen LogP contribution is -2.08. The first kappa shape index (κ1) is 43.2. The molecule has 66 heavy (non-hydrogen) atoms. The van der Waals surface area contributed by atoms with E-state index >= 15 is 0 Å². The molecule has 7 aromatic carbocycles. The fourth-order valence-electron chi connectivity index (χ4n) is 8.74. The van der Waals surface area contributed by atoms with Gasteiger partial charge < -0.3 is 0 Å². The molecule has 0 amide bonds. The normalized spacial score (nSPS) is 15.7. The van der Waals surface area contributed by atoms with Crippen molar-refractivity contribution in [1.82, 2.24) is 0 Å². The lowest BCUT2D eigenvalue weighted by Gasteiger charge is -2.26. The summed E-state index contributed by atoms with van der Waals surface area (Å²) in [6.45, 7) is 2.31. The van der Waals surface area contributed by atoms with Crippen LogP contribution in [-0.2, 0) is 6.42 Å². The van der Waals surface area contributed by atoms with Crippen molar-refractivity contribution in [3.63, 3.8) is 0 Å². The van der Waals surface area contributed by atoms with Crippen molar-refractivity contribution in [2.24, 2.45) is 25.9 Å². The van der Waals surface area contributed by atoms with Crippen molar-refractivity contribution in [3.8, 4) is 22.3 Å². The molecule has 0 spiro atoms. The third-order valence-electron chi connectivity index (χ3n) is 12.1. The number of hydrogen-bond donors (Lipinski definition) is 0. The van der Waals surface area contributed by atoms with Gasteiger partial charge in [0.25, 0.3) is 0 Å². The fraction of sp³-hybridized carbons (Fsp3) is 0.0968. The Balaban J connectivity index is 1.10. The Hall–Kier alpha value is -8.08. The van der Waals surface area contributed by atoms with Crippen LogP contribution in [0.4, 0.5) is 0 Å². The molecule has 0 aromatic heterocycles. The van der Waals surface area contributed by atoms with E-state index in [1.54, 1.807) is 0 Å². The number of aliphatic imine (C=N–C) groups is 4. The second kappa shape index (κ2) is 20.6. The van der Waals surface area contributed by atoms with Crippen molar-refractivity contribution >= 4 is 52.1 Å². The number of amidine groups is 1. The fourth-order valence-corrected chi connectivity index (χ4v) is 8.74. The van der Waals surface area contributed by atoms with Crippen LogP contribution in [0.25, 0.3) is 50.9 Å². The number of allylic oxidation sites excluding steroid dienone is 9. The van der Waals surface area contributed by atoms with E-state index in [-0.39, 0.29) is 0 Å². The van der Waals surface area contributed by atoms with E-state index in [9.17, 15) is 0 Å². The highest BCUT2D eigenvalue weighted by Crippen LogP contribution is 2.46. The van der Waals surface area contributed by atoms with Gasteiger partial charge in [-0.2, -0.15) is 0 Å². The molecule has 4 nitrogen and oxygen atoms in total. The number of benzene rings is 7. The van der Waals surface area contributed by atoms with Gasteiger partial charge in [0.1, 0.15) is 0 Å². The Bertz CT molecular complexity index is 3160. The minimum atomic E-state index is 0.412. The van der Waals surface area contributed by atoms with E-state index in [1.165, 1.54) is 38.6 Å². The average Bonchev–Trinajstić information content (AvgIpc) is 3.67. The highest BCUT2D eigenvalue weighted by Gasteiger charge is 2.24. The molecule has 9 rings (SSSR count). The third-order valence-corrected chi connectivity index (χ3v) is 12.1. The van der Waals surface area contributed by atoms with Crippen LogP contribution in [0.2, 0.25) is 0 Å². The zero-order valence-electron chi connectivity index (χ0n) is 37.7. The average molecular weight is 853 g/mol. The SMILES string of the molecule is C\N=C(/N=C(\C=C\c1ccccc1)c1ccccc1)c1ccc(-c2c(-c3ccc(/C=N/C(=C\C(=N/C)C4=CCC=CC=C4)c4ccccc4)cc3)c3c(c4ccccc24)C=C[C@@H](C)C3)cc1. The minimum Gasteiger partial charge on any atom is -0.288 e. The Labute approximate surface area is 389 Å². The first-order valence-electron chi connectivity index (χ1n) is 22.7. The molecule has 0 aliphatic heterocycles. The molecule has 4 heteroatoms. The maximum atomic E-state index is 5.17. The van der Waals surface area contributed by atoms with Gasteiger partial charge in [0.15, 0.2) is 5.84 Å². The summed E-state index contributed by atoms with van der Waals surface area (Å²) >= 11 is 0. The molecule has 2 aliphatic carbocycles. The van der Waals surface area contributed by atoms with E-state index in [0.717, 1.165) is 68.9 Å². The topological polar surface area (TPSA) is 49.4 Å². The van der Waals surface area contributed by atoms with Gasteiger partial charge in [0, 0.05) is 37.0 Å².